The second-order valence-electron chi connectivity index (χ2n) is 4.07. The zero-order valence-electron chi connectivity index (χ0n) is 10.7. The van der Waals surface area contributed by atoms with Crippen LogP contribution in [-0.4, -0.2) is 53.9 Å². The van der Waals surface area contributed by atoms with Gasteiger partial charge in [-0.25, -0.2) is 4.39 Å². The van der Waals surface area contributed by atoms with Gasteiger partial charge in [-0.15, -0.1) is 0 Å². The van der Waals surface area contributed by atoms with Gasteiger partial charge in [0.15, 0.2) is 0 Å². The third kappa shape index (κ3) is 5.78. The Kier molecular flexibility index (Phi) is 7.02. The molecule has 1 amide bonds. The number of hydrogen-bond acceptors (Lipinski definition) is 4. The Morgan fingerprint density at radius 3 is 2.37 bits per heavy atom. The summed E-state index contributed by atoms with van der Waals surface area (Å²) in [4.78, 5) is 13.4. The molecule has 19 heavy (non-hydrogen) atoms. The van der Waals surface area contributed by atoms with Gasteiger partial charge in [0.05, 0.1) is 18.9 Å². The van der Waals surface area contributed by atoms with Crippen molar-refractivity contribution in [3.63, 3.8) is 0 Å². The van der Waals surface area contributed by atoms with E-state index in [1.54, 1.807) is 17.0 Å². The molecular formula is C13H19FN2O3. The number of benzene rings is 1. The fraction of sp³-hybridized carbons (Fsp3) is 0.462. The van der Waals surface area contributed by atoms with Crippen LogP contribution in [0.3, 0.4) is 0 Å². The molecule has 6 heteroatoms. The van der Waals surface area contributed by atoms with Gasteiger partial charge in [0.25, 0.3) is 0 Å². The molecule has 0 fully saturated rings. The summed E-state index contributed by atoms with van der Waals surface area (Å²) in [6.45, 7) is 1.13. The van der Waals surface area contributed by atoms with Gasteiger partial charge in [-0.05, 0) is 12.1 Å². The second-order valence-corrected chi connectivity index (χ2v) is 4.07. The number of halogens is 1. The number of amides is 1. The highest BCUT2D eigenvalue weighted by molar-refractivity contribution is 5.90. The molecule has 3 N–H and O–H groups in total. The van der Waals surface area contributed by atoms with Crippen molar-refractivity contribution >= 4 is 11.6 Å². The molecule has 0 heterocycles. The highest BCUT2D eigenvalue weighted by atomic mass is 19.1. The van der Waals surface area contributed by atoms with Gasteiger partial charge < -0.3 is 15.5 Å². The van der Waals surface area contributed by atoms with E-state index in [2.05, 4.69) is 5.32 Å². The molecule has 0 spiro atoms. The minimum absolute atomic E-state index is 0.0328. The van der Waals surface area contributed by atoms with E-state index in [0.717, 1.165) is 0 Å². The van der Waals surface area contributed by atoms with Crippen LogP contribution in [0.15, 0.2) is 24.3 Å². The highest BCUT2D eigenvalue weighted by Crippen LogP contribution is 2.12. The first-order chi connectivity index (χ1) is 9.17. The Bertz CT molecular complexity index is 395. The summed E-state index contributed by atoms with van der Waals surface area (Å²) in [5.74, 6) is -0.774. The number of aliphatic hydroxyl groups is 2. The quantitative estimate of drug-likeness (QED) is 0.641. The molecule has 0 aromatic heterocycles. The number of para-hydroxylation sites is 1. The maximum atomic E-state index is 13.3. The second kappa shape index (κ2) is 8.58. The van der Waals surface area contributed by atoms with Crippen molar-refractivity contribution in [2.45, 2.75) is 6.42 Å². The number of carbonyl (C=O) groups is 1. The fourth-order valence-corrected chi connectivity index (χ4v) is 1.65. The Morgan fingerprint density at radius 1 is 1.16 bits per heavy atom. The largest absolute Gasteiger partial charge is 0.395 e. The van der Waals surface area contributed by atoms with Gasteiger partial charge >= 0.3 is 0 Å². The van der Waals surface area contributed by atoms with E-state index in [1.165, 1.54) is 12.1 Å². The minimum Gasteiger partial charge on any atom is -0.395 e. The zero-order valence-corrected chi connectivity index (χ0v) is 10.7. The first kappa shape index (κ1) is 15.6. The van der Waals surface area contributed by atoms with Crippen LogP contribution in [0, 0.1) is 5.82 Å². The van der Waals surface area contributed by atoms with Gasteiger partial charge in [-0.2, -0.15) is 0 Å². The maximum absolute atomic E-state index is 13.3. The predicted molar refractivity (Wildman–Crippen MR) is 70.3 cm³/mol. The standard InChI is InChI=1S/C13H19FN2O3/c14-11-3-1-2-4-12(11)15-13(19)5-6-16(7-9-17)8-10-18/h1-4,17-18H,5-10H2,(H,15,19). The summed E-state index contributed by atoms with van der Waals surface area (Å²) in [7, 11) is 0. The molecule has 0 bridgehead atoms. The Hall–Kier alpha value is -1.50. The molecule has 1 rings (SSSR count). The van der Waals surface area contributed by atoms with Crippen molar-refractivity contribution in [3.05, 3.63) is 30.1 Å². The first-order valence-electron chi connectivity index (χ1n) is 6.16. The smallest absolute Gasteiger partial charge is 0.225 e. The summed E-state index contributed by atoms with van der Waals surface area (Å²) < 4.78 is 13.3. The van der Waals surface area contributed by atoms with E-state index in [1.807, 2.05) is 0 Å². The maximum Gasteiger partial charge on any atom is 0.225 e. The van der Waals surface area contributed by atoms with Gasteiger partial charge in [-0.1, -0.05) is 12.1 Å². The predicted octanol–water partition coefficient (Wildman–Crippen LogP) is 0.441. The lowest BCUT2D eigenvalue weighted by Crippen LogP contribution is -2.32. The lowest BCUT2D eigenvalue weighted by atomic mass is 10.3. The summed E-state index contributed by atoms with van der Waals surface area (Å²) in [6.07, 6.45) is 0.175. The van der Waals surface area contributed by atoms with Crippen LogP contribution < -0.4 is 5.32 Å². The zero-order chi connectivity index (χ0) is 14.1. The number of nitrogens with one attached hydrogen (secondary N) is 1. The molecule has 0 aliphatic heterocycles. The molecule has 0 saturated carbocycles. The van der Waals surface area contributed by atoms with Crippen molar-refractivity contribution in [2.24, 2.45) is 0 Å². The number of rotatable bonds is 8. The van der Waals surface area contributed by atoms with Crippen LogP contribution in [-0.2, 0) is 4.79 Å². The molecule has 1 aromatic rings. The topological polar surface area (TPSA) is 72.8 Å². The van der Waals surface area contributed by atoms with Crippen molar-refractivity contribution in [1.82, 2.24) is 4.90 Å². The fourth-order valence-electron chi connectivity index (χ4n) is 1.65. The van der Waals surface area contributed by atoms with Gasteiger partial charge in [0.1, 0.15) is 5.82 Å². The van der Waals surface area contributed by atoms with Crippen LogP contribution in [0.4, 0.5) is 10.1 Å². The van der Waals surface area contributed by atoms with Crippen molar-refractivity contribution in [2.75, 3.05) is 38.2 Å². The average molecular weight is 270 g/mol. The summed E-state index contributed by atoms with van der Waals surface area (Å²) in [6, 6.07) is 5.96. The Morgan fingerprint density at radius 2 is 1.79 bits per heavy atom. The summed E-state index contributed by atoms with van der Waals surface area (Å²) in [5, 5.41) is 20.1. The lowest BCUT2D eigenvalue weighted by molar-refractivity contribution is -0.116. The van der Waals surface area contributed by atoms with Crippen molar-refractivity contribution < 1.29 is 19.4 Å². The molecule has 1 aromatic carbocycles. The molecular weight excluding hydrogens is 251 g/mol. The normalized spacial score (nSPS) is 10.7. The van der Waals surface area contributed by atoms with Crippen LogP contribution in [0.5, 0.6) is 0 Å². The molecule has 0 saturated heterocycles. The molecule has 0 unspecified atom stereocenters. The van der Waals surface area contributed by atoms with E-state index in [4.69, 9.17) is 10.2 Å². The van der Waals surface area contributed by atoms with E-state index >= 15 is 0 Å². The Labute approximate surface area is 111 Å². The monoisotopic (exact) mass is 270 g/mol. The first-order valence-corrected chi connectivity index (χ1v) is 6.16. The molecule has 0 atom stereocenters. The molecule has 0 radical (unpaired) electrons. The van der Waals surface area contributed by atoms with E-state index < -0.39 is 5.82 Å². The third-order valence-corrected chi connectivity index (χ3v) is 2.64. The van der Waals surface area contributed by atoms with Gasteiger partial charge in [0.2, 0.25) is 5.91 Å². The van der Waals surface area contributed by atoms with Crippen LogP contribution in [0.2, 0.25) is 0 Å². The lowest BCUT2D eigenvalue weighted by Gasteiger charge is -2.19. The summed E-state index contributed by atoms with van der Waals surface area (Å²) in [5.41, 5.74) is 0.156. The van der Waals surface area contributed by atoms with Crippen LogP contribution >= 0.6 is 0 Å². The summed E-state index contributed by atoms with van der Waals surface area (Å²) >= 11 is 0. The number of nitrogens with zero attached hydrogens (tertiary/aromatic N) is 1. The van der Waals surface area contributed by atoms with E-state index in [0.29, 0.717) is 19.6 Å². The molecule has 0 aliphatic carbocycles. The highest BCUT2D eigenvalue weighted by Gasteiger charge is 2.09. The van der Waals surface area contributed by atoms with Gasteiger partial charge in [-0.3, -0.25) is 9.69 Å². The number of anilines is 1. The Balaban J connectivity index is 2.40. The minimum atomic E-state index is -0.474. The molecule has 0 aliphatic rings. The van der Waals surface area contributed by atoms with E-state index in [9.17, 15) is 9.18 Å². The van der Waals surface area contributed by atoms with Crippen LogP contribution in [0.25, 0.3) is 0 Å². The molecule has 106 valence electrons. The SMILES string of the molecule is O=C(CCN(CCO)CCO)Nc1ccccc1F. The van der Waals surface area contributed by atoms with Crippen molar-refractivity contribution in [3.8, 4) is 0 Å². The van der Waals surface area contributed by atoms with E-state index in [-0.39, 0.29) is 31.2 Å². The number of carbonyl (C=O) groups excluding carboxylic acids is 1. The van der Waals surface area contributed by atoms with Gasteiger partial charge in [0, 0.05) is 26.1 Å². The molecule has 5 nitrogen and oxygen atoms in total. The number of hydrogen-bond donors (Lipinski definition) is 3. The number of aliphatic hydroxyl groups excluding tert-OH is 2. The van der Waals surface area contributed by atoms with Crippen molar-refractivity contribution in [1.29, 1.82) is 0 Å². The average Bonchev–Trinajstić information content (AvgIpc) is 2.39. The third-order valence-electron chi connectivity index (χ3n) is 2.64. The van der Waals surface area contributed by atoms with Crippen LogP contribution in [0.1, 0.15) is 6.42 Å².